The fraction of sp³-hybridized carbons (Fsp3) is 0.429. The molecule has 1 saturated heterocycles. The molecular formula is C14H15FN2O3. The lowest BCUT2D eigenvalue weighted by Gasteiger charge is -2.37. The fourth-order valence-corrected chi connectivity index (χ4v) is 2.68. The predicted molar refractivity (Wildman–Crippen MR) is 71.6 cm³/mol. The van der Waals surface area contributed by atoms with Gasteiger partial charge in [-0.05, 0) is 18.6 Å². The molecule has 2 aliphatic rings. The Balaban J connectivity index is 2.01. The summed E-state index contributed by atoms with van der Waals surface area (Å²) in [6.45, 7) is 3.70. The number of rotatable bonds is 2. The zero-order chi connectivity index (χ0) is 14.3. The maximum absolute atomic E-state index is 14.3. The number of halogens is 1. The van der Waals surface area contributed by atoms with E-state index in [2.05, 4.69) is 5.32 Å². The molecule has 0 aromatic heterocycles. The summed E-state index contributed by atoms with van der Waals surface area (Å²) >= 11 is 0. The first-order valence-electron chi connectivity index (χ1n) is 6.65. The molecule has 2 aliphatic heterocycles. The van der Waals surface area contributed by atoms with Gasteiger partial charge in [-0.15, -0.1) is 0 Å². The van der Waals surface area contributed by atoms with Crippen LogP contribution in [0, 0.1) is 5.82 Å². The van der Waals surface area contributed by atoms with Crippen molar-refractivity contribution in [1.29, 1.82) is 0 Å². The molecule has 0 radical (unpaired) electrons. The Hall–Kier alpha value is -1.95. The van der Waals surface area contributed by atoms with Gasteiger partial charge in [-0.2, -0.15) is 0 Å². The van der Waals surface area contributed by atoms with Crippen LogP contribution in [0.3, 0.4) is 0 Å². The lowest BCUT2D eigenvalue weighted by atomic mass is 10.1. The quantitative estimate of drug-likeness (QED) is 0.834. The van der Waals surface area contributed by atoms with Crippen LogP contribution < -0.4 is 10.2 Å². The van der Waals surface area contributed by atoms with Crippen molar-refractivity contribution in [1.82, 2.24) is 0 Å². The van der Waals surface area contributed by atoms with Crippen molar-refractivity contribution in [3.05, 3.63) is 23.5 Å². The molecule has 0 spiro atoms. The maximum Gasteiger partial charge on any atom is 0.296 e. The molecule has 0 saturated carbocycles. The van der Waals surface area contributed by atoms with Crippen LogP contribution >= 0.6 is 0 Å². The van der Waals surface area contributed by atoms with Gasteiger partial charge in [0.2, 0.25) is 0 Å². The molecule has 1 unspecified atom stereocenters. The molecule has 0 bridgehead atoms. The first-order valence-corrected chi connectivity index (χ1v) is 6.65. The number of carbonyl (C=O) groups is 2. The molecule has 1 fully saturated rings. The second kappa shape index (κ2) is 4.86. The van der Waals surface area contributed by atoms with Crippen molar-refractivity contribution in [2.75, 3.05) is 30.0 Å². The number of ketones is 1. The molecule has 2 heterocycles. The minimum Gasteiger partial charge on any atom is -0.377 e. The summed E-state index contributed by atoms with van der Waals surface area (Å²) in [5, 5.41) is 2.47. The standard InChI is InChI=1S/C14H15FN2O3/c1-2-8-7-20-4-3-17(8)12-6-11-9(5-10(12)15)13(18)14(19)16-11/h5-6,8H,2-4,7H2,1H3,(H,16,18,19). The van der Waals surface area contributed by atoms with Gasteiger partial charge in [0.25, 0.3) is 11.7 Å². The van der Waals surface area contributed by atoms with Crippen LogP contribution in [0.15, 0.2) is 12.1 Å². The maximum atomic E-state index is 14.3. The lowest BCUT2D eigenvalue weighted by Crippen LogP contribution is -2.45. The van der Waals surface area contributed by atoms with Gasteiger partial charge in [0.1, 0.15) is 5.82 Å². The summed E-state index contributed by atoms with van der Waals surface area (Å²) in [7, 11) is 0. The number of hydrogen-bond donors (Lipinski definition) is 1. The predicted octanol–water partition coefficient (Wildman–Crippen LogP) is 1.58. The van der Waals surface area contributed by atoms with E-state index in [-0.39, 0.29) is 11.6 Å². The average Bonchev–Trinajstić information content (AvgIpc) is 2.73. The van der Waals surface area contributed by atoms with Gasteiger partial charge in [-0.1, -0.05) is 6.92 Å². The number of amides is 1. The summed E-state index contributed by atoms with van der Waals surface area (Å²) in [5.74, 6) is -1.86. The number of nitrogens with zero attached hydrogens (tertiary/aromatic N) is 1. The lowest BCUT2D eigenvalue weighted by molar-refractivity contribution is -0.112. The molecule has 106 valence electrons. The van der Waals surface area contributed by atoms with Crippen LogP contribution in [0.25, 0.3) is 0 Å². The van der Waals surface area contributed by atoms with Crippen LogP contribution in [0.2, 0.25) is 0 Å². The number of hydrogen-bond acceptors (Lipinski definition) is 4. The summed E-state index contributed by atoms with van der Waals surface area (Å²) in [6, 6.07) is 2.79. The Labute approximate surface area is 115 Å². The Morgan fingerprint density at radius 3 is 3.00 bits per heavy atom. The number of ether oxygens (including phenoxy) is 1. The molecule has 6 heteroatoms. The Bertz CT molecular complexity index is 588. The molecule has 1 amide bonds. The van der Waals surface area contributed by atoms with Gasteiger partial charge >= 0.3 is 0 Å². The minimum atomic E-state index is -0.703. The van der Waals surface area contributed by atoms with E-state index in [9.17, 15) is 14.0 Å². The Kier molecular flexibility index (Phi) is 3.17. The highest BCUT2D eigenvalue weighted by atomic mass is 19.1. The van der Waals surface area contributed by atoms with E-state index < -0.39 is 17.5 Å². The third kappa shape index (κ3) is 1.96. The molecule has 0 aliphatic carbocycles. The minimum absolute atomic E-state index is 0.101. The number of morpholine rings is 1. The zero-order valence-electron chi connectivity index (χ0n) is 11.1. The largest absolute Gasteiger partial charge is 0.377 e. The third-order valence-corrected chi connectivity index (χ3v) is 3.79. The smallest absolute Gasteiger partial charge is 0.296 e. The van der Waals surface area contributed by atoms with Crippen molar-refractivity contribution in [2.45, 2.75) is 19.4 Å². The van der Waals surface area contributed by atoms with Crippen molar-refractivity contribution in [2.24, 2.45) is 0 Å². The normalized spacial score (nSPS) is 21.9. The van der Waals surface area contributed by atoms with Crippen LogP contribution in [-0.2, 0) is 9.53 Å². The van der Waals surface area contributed by atoms with Gasteiger partial charge in [0.05, 0.1) is 36.2 Å². The Morgan fingerprint density at radius 1 is 1.45 bits per heavy atom. The van der Waals surface area contributed by atoms with Crippen molar-refractivity contribution >= 4 is 23.1 Å². The van der Waals surface area contributed by atoms with Crippen molar-refractivity contribution in [3.8, 4) is 0 Å². The van der Waals surface area contributed by atoms with E-state index in [1.165, 1.54) is 0 Å². The highest BCUT2D eigenvalue weighted by Crippen LogP contribution is 2.33. The third-order valence-electron chi connectivity index (χ3n) is 3.79. The average molecular weight is 278 g/mol. The van der Waals surface area contributed by atoms with E-state index >= 15 is 0 Å². The molecular weight excluding hydrogens is 263 g/mol. The summed E-state index contributed by atoms with van der Waals surface area (Å²) in [4.78, 5) is 24.8. The SMILES string of the molecule is CCC1COCCN1c1cc2c(cc1F)C(=O)C(=O)N2. The highest BCUT2D eigenvalue weighted by molar-refractivity contribution is 6.51. The van der Waals surface area contributed by atoms with E-state index in [4.69, 9.17) is 4.74 Å². The summed E-state index contributed by atoms with van der Waals surface area (Å²) in [6.07, 6.45) is 0.835. The first-order chi connectivity index (χ1) is 9.61. The molecule has 1 N–H and O–H groups in total. The topological polar surface area (TPSA) is 58.6 Å². The number of anilines is 2. The fourth-order valence-electron chi connectivity index (χ4n) is 2.68. The van der Waals surface area contributed by atoms with Gasteiger partial charge in [0, 0.05) is 6.54 Å². The van der Waals surface area contributed by atoms with Crippen LogP contribution in [0.4, 0.5) is 15.8 Å². The van der Waals surface area contributed by atoms with Gasteiger partial charge in [-0.3, -0.25) is 9.59 Å². The van der Waals surface area contributed by atoms with Crippen molar-refractivity contribution in [3.63, 3.8) is 0 Å². The molecule has 3 rings (SSSR count). The van der Waals surface area contributed by atoms with Crippen LogP contribution in [0.5, 0.6) is 0 Å². The monoisotopic (exact) mass is 278 g/mol. The van der Waals surface area contributed by atoms with Crippen LogP contribution in [0.1, 0.15) is 23.7 Å². The highest BCUT2D eigenvalue weighted by Gasteiger charge is 2.32. The molecule has 20 heavy (non-hydrogen) atoms. The number of Topliss-reactive ketones (excluding diaryl/α,β-unsaturated/α-hetero) is 1. The molecule has 1 aromatic rings. The summed E-state index contributed by atoms with van der Waals surface area (Å²) in [5.41, 5.74) is 0.907. The number of fused-ring (bicyclic) bond motifs is 1. The van der Waals surface area contributed by atoms with Gasteiger partial charge < -0.3 is 15.0 Å². The van der Waals surface area contributed by atoms with Gasteiger partial charge in [-0.25, -0.2) is 4.39 Å². The number of carbonyl (C=O) groups excluding carboxylic acids is 2. The van der Waals surface area contributed by atoms with E-state index in [1.54, 1.807) is 6.07 Å². The second-order valence-corrected chi connectivity index (χ2v) is 4.96. The number of benzene rings is 1. The van der Waals surface area contributed by atoms with E-state index in [0.717, 1.165) is 12.5 Å². The summed E-state index contributed by atoms with van der Waals surface area (Å²) < 4.78 is 19.7. The molecule has 5 nitrogen and oxygen atoms in total. The number of nitrogens with one attached hydrogen (secondary N) is 1. The van der Waals surface area contributed by atoms with Gasteiger partial charge in [0.15, 0.2) is 0 Å². The van der Waals surface area contributed by atoms with E-state index in [0.29, 0.717) is 31.1 Å². The van der Waals surface area contributed by atoms with Crippen molar-refractivity contribution < 1.29 is 18.7 Å². The molecule has 1 atom stereocenters. The zero-order valence-corrected chi connectivity index (χ0v) is 11.1. The molecule has 1 aromatic carbocycles. The van der Waals surface area contributed by atoms with E-state index in [1.807, 2.05) is 11.8 Å². The second-order valence-electron chi connectivity index (χ2n) is 4.96. The Morgan fingerprint density at radius 2 is 2.25 bits per heavy atom. The first kappa shape index (κ1) is 13.1. The van der Waals surface area contributed by atoms with Crippen LogP contribution in [-0.4, -0.2) is 37.5 Å².